The molecular formula is C14H15N3O2S. The van der Waals surface area contributed by atoms with Crippen LogP contribution in [0.2, 0.25) is 0 Å². The summed E-state index contributed by atoms with van der Waals surface area (Å²) in [5.74, 6) is 0.796. The number of aryl methyl sites for hydroxylation is 1. The minimum absolute atomic E-state index is 0.223. The highest BCUT2D eigenvalue weighted by atomic mass is 32.1. The first-order valence-electron chi connectivity index (χ1n) is 6.11. The molecule has 20 heavy (non-hydrogen) atoms. The molecule has 6 heteroatoms. The van der Waals surface area contributed by atoms with Crippen molar-refractivity contribution in [3.8, 4) is 11.8 Å². The monoisotopic (exact) mass is 289 g/mol. The molecule has 0 aliphatic rings. The summed E-state index contributed by atoms with van der Waals surface area (Å²) in [6.07, 6.45) is 0. The zero-order valence-electron chi connectivity index (χ0n) is 11.1. The molecule has 0 aliphatic heterocycles. The van der Waals surface area contributed by atoms with Crippen LogP contribution in [0.1, 0.15) is 11.4 Å². The minimum Gasteiger partial charge on any atom is -0.490 e. The molecule has 2 N–H and O–H groups in total. The van der Waals surface area contributed by atoms with Gasteiger partial charge < -0.3 is 15.2 Å². The number of hydrogen-bond acceptors (Lipinski definition) is 5. The number of thiocarbonyl (C=S) groups is 1. The fourth-order valence-corrected chi connectivity index (χ4v) is 1.65. The quantitative estimate of drug-likeness (QED) is 0.647. The van der Waals surface area contributed by atoms with Crippen molar-refractivity contribution >= 4 is 17.2 Å². The average molecular weight is 289 g/mol. The number of benzene rings is 1. The van der Waals surface area contributed by atoms with Gasteiger partial charge in [-0.15, -0.1) is 0 Å². The van der Waals surface area contributed by atoms with E-state index in [0.29, 0.717) is 18.9 Å². The summed E-state index contributed by atoms with van der Waals surface area (Å²) >= 11 is 4.89. The smallest absolute Gasteiger partial charge is 0.317 e. The molecule has 0 radical (unpaired) electrons. The third-order valence-electron chi connectivity index (χ3n) is 2.41. The molecule has 0 spiro atoms. The van der Waals surface area contributed by atoms with Gasteiger partial charge in [0.05, 0.1) is 0 Å². The summed E-state index contributed by atoms with van der Waals surface area (Å²) in [5.41, 5.74) is 6.80. The lowest BCUT2D eigenvalue weighted by Gasteiger charge is -2.08. The van der Waals surface area contributed by atoms with Crippen LogP contribution in [0.5, 0.6) is 11.8 Å². The van der Waals surface area contributed by atoms with Crippen LogP contribution in [0.25, 0.3) is 0 Å². The van der Waals surface area contributed by atoms with E-state index in [2.05, 4.69) is 9.97 Å². The van der Waals surface area contributed by atoms with Gasteiger partial charge in [-0.05, 0) is 25.1 Å². The highest BCUT2D eigenvalue weighted by Gasteiger charge is 2.05. The van der Waals surface area contributed by atoms with Crippen molar-refractivity contribution in [2.75, 3.05) is 13.2 Å². The third-order valence-corrected chi connectivity index (χ3v) is 2.62. The second kappa shape index (κ2) is 6.81. The summed E-state index contributed by atoms with van der Waals surface area (Å²) in [6, 6.07) is 11.5. The Hall–Kier alpha value is -2.21. The maximum absolute atomic E-state index is 5.54. The first-order chi connectivity index (χ1) is 9.65. The van der Waals surface area contributed by atoms with Crippen molar-refractivity contribution in [1.29, 1.82) is 0 Å². The first kappa shape index (κ1) is 14.2. The molecular weight excluding hydrogens is 274 g/mol. The minimum atomic E-state index is 0.223. The Bertz CT molecular complexity index is 590. The number of nitrogens with zero attached hydrogens (tertiary/aromatic N) is 2. The number of aromatic nitrogens is 2. The lowest BCUT2D eigenvalue weighted by Crippen LogP contribution is -2.15. The highest BCUT2D eigenvalue weighted by molar-refractivity contribution is 7.80. The Labute approximate surface area is 122 Å². The van der Waals surface area contributed by atoms with Crippen molar-refractivity contribution in [2.24, 2.45) is 5.73 Å². The second-order valence-corrected chi connectivity index (χ2v) is 4.49. The van der Waals surface area contributed by atoms with Crippen LogP contribution >= 0.6 is 12.2 Å². The standard InChI is InChI=1S/C14H15N3O2S/c1-10-9-12(13(15)20)17-14(16-10)19-8-7-18-11-5-3-2-4-6-11/h2-6,9H,7-8H2,1H3,(H2,15,20). The molecule has 1 heterocycles. The number of rotatable bonds is 6. The van der Waals surface area contributed by atoms with E-state index in [4.69, 9.17) is 27.4 Å². The lowest BCUT2D eigenvalue weighted by atomic mass is 10.3. The van der Waals surface area contributed by atoms with Gasteiger partial charge in [0.1, 0.15) is 29.6 Å². The van der Waals surface area contributed by atoms with Gasteiger partial charge in [0.25, 0.3) is 0 Å². The zero-order valence-corrected chi connectivity index (χ0v) is 11.9. The number of ether oxygens (including phenoxy) is 2. The van der Waals surface area contributed by atoms with Crippen LogP contribution < -0.4 is 15.2 Å². The van der Waals surface area contributed by atoms with E-state index in [-0.39, 0.29) is 11.0 Å². The molecule has 2 rings (SSSR count). The molecule has 0 saturated carbocycles. The van der Waals surface area contributed by atoms with Gasteiger partial charge in [-0.25, -0.2) is 4.98 Å². The summed E-state index contributed by atoms with van der Waals surface area (Å²) in [7, 11) is 0. The summed E-state index contributed by atoms with van der Waals surface area (Å²) in [5, 5.41) is 0. The molecule has 0 atom stereocenters. The molecule has 0 aliphatic carbocycles. The predicted octanol–water partition coefficient (Wildman–Crippen LogP) is 1.88. The van der Waals surface area contributed by atoms with Crippen molar-refractivity contribution in [3.05, 3.63) is 47.8 Å². The molecule has 0 fully saturated rings. The highest BCUT2D eigenvalue weighted by Crippen LogP contribution is 2.09. The van der Waals surface area contributed by atoms with Crippen LogP contribution in [0.4, 0.5) is 0 Å². The molecule has 0 unspecified atom stereocenters. The number of hydrogen-bond donors (Lipinski definition) is 1. The van der Waals surface area contributed by atoms with Gasteiger partial charge in [0.15, 0.2) is 0 Å². The van der Waals surface area contributed by atoms with Gasteiger partial charge >= 0.3 is 6.01 Å². The molecule has 104 valence electrons. The second-order valence-electron chi connectivity index (χ2n) is 4.05. The largest absolute Gasteiger partial charge is 0.490 e. The van der Waals surface area contributed by atoms with Gasteiger partial charge in [-0.3, -0.25) is 0 Å². The SMILES string of the molecule is Cc1cc(C(N)=S)nc(OCCOc2ccccc2)n1. The number of para-hydroxylation sites is 1. The van der Waals surface area contributed by atoms with E-state index in [1.54, 1.807) is 6.07 Å². The van der Waals surface area contributed by atoms with E-state index < -0.39 is 0 Å². The van der Waals surface area contributed by atoms with Gasteiger partial charge in [0.2, 0.25) is 0 Å². The van der Waals surface area contributed by atoms with Crippen molar-refractivity contribution in [3.63, 3.8) is 0 Å². The lowest BCUT2D eigenvalue weighted by molar-refractivity contribution is 0.205. The molecule has 0 amide bonds. The number of nitrogens with two attached hydrogens (primary N) is 1. The van der Waals surface area contributed by atoms with Gasteiger partial charge in [-0.1, -0.05) is 30.4 Å². The molecule has 1 aromatic heterocycles. The van der Waals surface area contributed by atoms with Crippen LogP contribution in [-0.2, 0) is 0 Å². The van der Waals surface area contributed by atoms with E-state index in [1.165, 1.54) is 0 Å². The Morgan fingerprint density at radius 1 is 1.15 bits per heavy atom. The predicted molar refractivity (Wildman–Crippen MR) is 80.1 cm³/mol. The maximum Gasteiger partial charge on any atom is 0.317 e. The third kappa shape index (κ3) is 4.17. The Kier molecular flexibility index (Phi) is 4.84. The summed E-state index contributed by atoms with van der Waals surface area (Å²) in [6.45, 7) is 2.58. The molecule has 0 bridgehead atoms. The fourth-order valence-electron chi connectivity index (χ4n) is 1.54. The van der Waals surface area contributed by atoms with Crippen molar-refractivity contribution < 1.29 is 9.47 Å². The van der Waals surface area contributed by atoms with E-state index in [0.717, 1.165) is 11.4 Å². The normalized spacial score (nSPS) is 10.1. The van der Waals surface area contributed by atoms with Gasteiger partial charge in [0, 0.05) is 5.69 Å². The maximum atomic E-state index is 5.54. The molecule has 2 aromatic rings. The van der Waals surface area contributed by atoms with E-state index >= 15 is 0 Å². The molecule has 1 aromatic carbocycles. The molecule has 0 saturated heterocycles. The Morgan fingerprint density at radius 2 is 1.85 bits per heavy atom. The summed E-state index contributed by atoms with van der Waals surface area (Å²) < 4.78 is 10.9. The van der Waals surface area contributed by atoms with E-state index in [9.17, 15) is 0 Å². The zero-order chi connectivity index (χ0) is 14.4. The first-order valence-corrected chi connectivity index (χ1v) is 6.52. The van der Waals surface area contributed by atoms with Crippen LogP contribution in [0.15, 0.2) is 36.4 Å². The summed E-state index contributed by atoms with van der Waals surface area (Å²) in [4.78, 5) is 8.50. The molecule has 5 nitrogen and oxygen atoms in total. The topological polar surface area (TPSA) is 70.3 Å². The van der Waals surface area contributed by atoms with E-state index in [1.807, 2.05) is 37.3 Å². The van der Waals surface area contributed by atoms with Crippen LogP contribution in [-0.4, -0.2) is 28.2 Å². The Balaban J connectivity index is 1.86. The van der Waals surface area contributed by atoms with Crippen LogP contribution in [0, 0.1) is 6.92 Å². The van der Waals surface area contributed by atoms with Gasteiger partial charge in [-0.2, -0.15) is 4.98 Å². The fraction of sp³-hybridized carbons (Fsp3) is 0.214. The van der Waals surface area contributed by atoms with Crippen molar-refractivity contribution in [2.45, 2.75) is 6.92 Å². The Morgan fingerprint density at radius 3 is 2.55 bits per heavy atom. The van der Waals surface area contributed by atoms with Crippen molar-refractivity contribution in [1.82, 2.24) is 9.97 Å². The average Bonchev–Trinajstić information content (AvgIpc) is 2.44. The van der Waals surface area contributed by atoms with Crippen LogP contribution in [0.3, 0.4) is 0 Å².